The third-order valence-corrected chi connectivity index (χ3v) is 3.40. The Morgan fingerprint density at radius 1 is 1.16 bits per heavy atom. The first-order chi connectivity index (χ1) is 11.9. The number of nitrogens with one attached hydrogen (secondary N) is 2. The van der Waals surface area contributed by atoms with Crippen molar-refractivity contribution in [2.45, 2.75) is 13.8 Å². The SMILES string of the molecule is CCOC(=O)Nc1cccc(C(=O)Nc2cccc([N+](=O)[O-])c2C)c1. The van der Waals surface area contributed by atoms with E-state index in [0.29, 0.717) is 22.5 Å². The molecule has 0 heterocycles. The van der Waals surface area contributed by atoms with Gasteiger partial charge in [-0.3, -0.25) is 20.2 Å². The molecule has 2 amide bonds. The van der Waals surface area contributed by atoms with Crippen molar-refractivity contribution < 1.29 is 19.2 Å². The van der Waals surface area contributed by atoms with Gasteiger partial charge < -0.3 is 10.1 Å². The van der Waals surface area contributed by atoms with Crippen LogP contribution in [0.15, 0.2) is 42.5 Å². The summed E-state index contributed by atoms with van der Waals surface area (Å²) in [6, 6.07) is 10.7. The molecular formula is C17H17N3O5. The summed E-state index contributed by atoms with van der Waals surface area (Å²) in [5.41, 5.74) is 1.34. The van der Waals surface area contributed by atoms with Crippen molar-refractivity contribution in [2.24, 2.45) is 0 Å². The molecule has 8 heteroatoms. The summed E-state index contributed by atoms with van der Waals surface area (Å²) >= 11 is 0. The van der Waals surface area contributed by atoms with Gasteiger partial charge in [0.2, 0.25) is 0 Å². The van der Waals surface area contributed by atoms with Crippen molar-refractivity contribution in [3.05, 3.63) is 63.7 Å². The predicted molar refractivity (Wildman–Crippen MR) is 92.9 cm³/mol. The minimum Gasteiger partial charge on any atom is -0.450 e. The Balaban J connectivity index is 2.18. The van der Waals surface area contributed by atoms with E-state index in [9.17, 15) is 19.7 Å². The fourth-order valence-electron chi connectivity index (χ4n) is 2.17. The maximum absolute atomic E-state index is 12.4. The Labute approximate surface area is 144 Å². The molecule has 0 bridgehead atoms. The molecule has 0 unspecified atom stereocenters. The van der Waals surface area contributed by atoms with Gasteiger partial charge in [-0.25, -0.2) is 4.79 Å². The molecule has 0 radical (unpaired) electrons. The van der Waals surface area contributed by atoms with Crippen molar-refractivity contribution in [2.75, 3.05) is 17.2 Å². The lowest BCUT2D eigenvalue weighted by Crippen LogP contribution is -2.16. The van der Waals surface area contributed by atoms with Gasteiger partial charge in [0.1, 0.15) is 0 Å². The van der Waals surface area contributed by atoms with Crippen LogP contribution >= 0.6 is 0 Å². The molecule has 0 aliphatic heterocycles. The highest BCUT2D eigenvalue weighted by Gasteiger charge is 2.16. The minimum atomic E-state index is -0.616. The zero-order valence-corrected chi connectivity index (χ0v) is 13.7. The third kappa shape index (κ3) is 4.54. The molecule has 0 aliphatic carbocycles. The lowest BCUT2D eigenvalue weighted by Gasteiger charge is -2.10. The van der Waals surface area contributed by atoms with Crippen molar-refractivity contribution in [1.82, 2.24) is 0 Å². The Hall–Kier alpha value is -3.42. The number of nitro benzene ring substituents is 1. The first kappa shape index (κ1) is 17.9. The maximum Gasteiger partial charge on any atom is 0.411 e. The summed E-state index contributed by atoms with van der Waals surface area (Å²) in [6.07, 6.45) is -0.616. The first-order valence-corrected chi connectivity index (χ1v) is 7.51. The number of hydrogen-bond donors (Lipinski definition) is 2. The molecule has 130 valence electrons. The summed E-state index contributed by atoms with van der Waals surface area (Å²) in [4.78, 5) is 34.3. The van der Waals surface area contributed by atoms with E-state index in [2.05, 4.69) is 10.6 Å². The minimum absolute atomic E-state index is 0.0736. The number of benzene rings is 2. The molecule has 0 spiro atoms. The average Bonchev–Trinajstić information content (AvgIpc) is 2.56. The summed E-state index contributed by atoms with van der Waals surface area (Å²) in [5.74, 6) is -0.448. The highest BCUT2D eigenvalue weighted by molar-refractivity contribution is 6.05. The second-order valence-electron chi connectivity index (χ2n) is 5.09. The van der Waals surface area contributed by atoms with E-state index in [0.717, 1.165) is 0 Å². The molecule has 2 rings (SSSR count). The molecule has 0 saturated heterocycles. The standard InChI is InChI=1S/C17H17N3O5/c1-3-25-17(22)18-13-7-4-6-12(10-13)16(21)19-14-8-5-9-15(11(14)2)20(23)24/h4-10H,3H2,1-2H3,(H,18,22)(H,19,21). The average molecular weight is 343 g/mol. The van der Waals surface area contributed by atoms with E-state index in [1.807, 2.05) is 0 Å². The van der Waals surface area contributed by atoms with Crippen LogP contribution < -0.4 is 10.6 Å². The van der Waals surface area contributed by atoms with Gasteiger partial charge in [0, 0.05) is 17.3 Å². The fourth-order valence-corrected chi connectivity index (χ4v) is 2.17. The molecule has 2 aromatic rings. The summed E-state index contributed by atoms with van der Waals surface area (Å²) in [7, 11) is 0. The van der Waals surface area contributed by atoms with Crippen LogP contribution in [-0.2, 0) is 4.74 Å². The highest BCUT2D eigenvalue weighted by Crippen LogP contribution is 2.25. The van der Waals surface area contributed by atoms with Gasteiger partial charge in [-0.1, -0.05) is 12.1 Å². The number of rotatable bonds is 5. The predicted octanol–water partition coefficient (Wildman–Crippen LogP) is 3.72. The van der Waals surface area contributed by atoms with Crippen LogP contribution in [0.25, 0.3) is 0 Å². The van der Waals surface area contributed by atoms with Crippen molar-refractivity contribution in [1.29, 1.82) is 0 Å². The largest absolute Gasteiger partial charge is 0.450 e. The summed E-state index contributed by atoms with van der Waals surface area (Å²) in [6.45, 7) is 3.48. The van der Waals surface area contributed by atoms with Gasteiger partial charge in [-0.2, -0.15) is 0 Å². The number of carbonyl (C=O) groups is 2. The van der Waals surface area contributed by atoms with Crippen molar-refractivity contribution >= 4 is 29.1 Å². The quantitative estimate of drug-likeness (QED) is 0.635. The van der Waals surface area contributed by atoms with Gasteiger partial charge >= 0.3 is 6.09 Å². The summed E-state index contributed by atoms with van der Waals surface area (Å²) < 4.78 is 4.78. The van der Waals surface area contributed by atoms with E-state index in [-0.39, 0.29) is 12.3 Å². The van der Waals surface area contributed by atoms with Crippen LogP contribution in [0.4, 0.5) is 21.9 Å². The van der Waals surface area contributed by atoms with Crippen LogP contribution in [0.2, 0.25) is 0 Å². The normalized spacial score (nSPS) is 10.0. The first-order valence-electron chi connectivity index (χ1n) is 7.51. The van der Waals surface area contributed by atoms with Crippen molar-refractivity contribution in [3.63, 3.8) is 0 Å². The number of amides is 2. The smallest absolute Gasteiger partial charge is 0.411 e. The molecule has 0 fully saturated rings. The molecule has 2 aromatic carbocycles. The molecule has 8 nitrogen and oxygen atoms in total. The molecule has 0 atom stereocenters. The van der Waals surface area contributed by atoms with Gasteiger partial charge in [-0.15, -0.1) is 0 Å². The van der Waals surface area contributed by atoms with Crippen LogP contribution in [0.5, 0.6) is 0 Å². The van der Waals surface area contributed by atoms with Gasteiger partial charge in [-0.05, 0) is 38.1 Å². The number of anilines is 2. The van der Waals surface area contributed by atoms with E-state index in [1.165, 1.54) is 18.2 Å². The van der Waals surface area contributed by atoms with Gasteiger partial charge in [0.25, 0.3) is 11.6 Å². The van der Waals surface area contributed by atoms with Crippen LogP contribution in [-0.4, -0.2) is 23.5 Å². The molecule has 0 saturated carbocycles. The lowest BCUT2D eigenvalue weighted by molar-refractivity contribution is -0.385. The second-order valence-corrected chi connectivity index (χ2v) is 5.09. The summed E-state index contributed by atoms with van der Waals surface area (Å²) in [5, 5.41) is 16.1. The van der Waals surface area contributed by atoms with E-state index in [4.69, 9.17) is 4.74 Å². The van der Waals surface area contributed by atoms with E-state index in [1.54, 1.807) is 38.1 Å². The second kappa shape index (κ2) is 7.91. The van der Waals surface area contributed by atoms with Gasteiger partial charge in [0.15, 0.2) is 0 Å². The molecule has 25 heavy (non-hydrogen) atoms. The Bertz CT molecular complexity index is 820. The van der Waals surface area contributed by atoms with Crippen LogP contribution in [0.3, 0.4) is 0 Å². The number of ether oxygens (including phenoxy) is 1. The lowest BCUT2D eigenvalue weighted by atomic mass is 10.1. The van der Waals surface area contributed by atoms with E-state index >= 15 is 0 Å². The zero-order valence-electron chi connectivity index (χ0n) is 13.7. The molecule has 0 aliphatic rings. The molecular weight excluding hydrogens is 326 g/mol. The number of carbonyl (C=O) groups excluding carboxylic acids is 2. The third-order valence-electron chi connectivity index (χ3n) is 3.40. The monoisotopic (exact) mass is 343 g/mol. The van der Waals surface area contributed by atoms with Crippen LogP contribution in [0, 0.1) is 17.0 Å². The Kier molecular flexibility index (Phi) is 5.67. The molecule has 2 N–H and O–H groups in total. The fraction of sp³-hybridized carbons (Fsp3) is 0.176. The Morgan fingerprint density at radius 2 is 1.88 bits per heavy atom. The Morgan fingerprint density at radius 3 is 2.56 bits per heavy atom. The number of nitro groups is 1. The number of nitrogens with zero attached hydrogens (tertiary/aromatic N) is 1. The maximum atomic E-state index is 12.4. The van der Waals surface area contributed by atoms with Gasteiger partial charge in [0.05, 0.1) is 22.8 Å². The van der Waals surface area contributed by atoms with E-state index < -0.39 is 16.9 Å². The van der Waals surface area contributed by atoms with Crippen LogP contribution in [0.1, 0.15) is 22.8 Å². The topological polar surface area (TPSA) is 111 Å². The van der Waals surface area contributed by atoms with Crippen molar-refractivity contribution in [3.8, 4) is 0 Å². The zero-order chi connectivity index (χ0) is 18.4. The molecule has 0 aromatic heterocycles. The highest BCUT2D eigenvalue weighted by atomic mass is 16.6. The number of hydrogen-bond acceptors (Lipinski definition) is 5.